The molecule has 1 spiro atoms. The minimum absolute atomic E-state index is 0.348. The van der Waals surface area contributed by atoms with Crippen LogP contribution in [0.15, 0.2) is 115 Å². The average molecular weight is 668 g/mol. The van der Waals surface area contributed by atoms with Gasteiger partial charge in [-0.3, -0.25) is 0 Å². The molecular weight excluding hydrogens is 635 g/mol. The molecule has 1 unspecified atom stereocenters. The summed E-state index contributed by atoms with van der Waals surface area (Å²) in [5.74, 6) is 0.696. The van der Waals surface area contributed by atoms with Crippen LogP contribution in [0, 0.1) is 0 Å². The molecule has 244 valence electrons. The third kappa shape index (κ3) is 2.43. The largest absolute Gasteiger partial charge is 0.319 e. The number of aromatic nitrogens is 5. The Kier molecular flexibility index (Phi) is 4.16. The lowest BCUT2D eigenvalue weighted by Crippen LogP contribution is -2.75. The second-order valence-corrected chi connectivity index (χ2v) is 16.1. The second kappa shape index (κ2) is 8.13. The third-order valence-corrected chi connectivity index (χ3v) is 13.2. The van der Waals surface area contributed by atoms with Gasteiger partial charge in [-0.05, 0) is 89.7 Å². The first-order valence-electron chi connectivity index (χ1n) is 18.8. The molecule has 0 radical (unpaired) electrons. The molecule has 5 heteroatoms. The van der Waals surface area contributed by atoms with Crippen molar-refractivity contribution >= 4 is 65.7 Å². The molecule has 0 saturated heterocycles. The number of para-hydroxylation sites is 3. The summed E-state index contributed by atoms with van der Waals surface area (Å²) in [4.78, 5) is 0. The molecule has 9 heterocycles. The van der Waals surface area contributed by atoms with Gasteiger partial charge in [0.1, 0.15) is 33.5 Å². The van der Waals surface area contributed by atoms with Crippen LogP contribution in [-0.2, 0) is 5.66 Å². The Morgan fingerprint density at radius 1 is 0.462 bits per heavy atom. The van der Waals surface area contributed by atoms with Crippen LogP contribution in [0.5, 0.6) is 0 Å². The topological polar surface area (TPSA) is 22.5 Å². The third-order valence-electron chi connectivity index (χ3n) is 13.2. The molecule has 4 aliphatic rings. The van der Waals surface area contributed by atoms with Crippen molar-refractivity contribution in [2.24, 2.45) is 0 Å². The zero-order valence-corrected chi connectivity index (χ0v) is 29.4. The van der Waals surface area contributed by atoms with Crippen LogP contribution in [0.4, 0.5) is 0 Å². The highest BCUT2D eigenvalue weighted by Crippen LogP contribution is 2.58. The first-order chi connectivity index (χ1) is 25.5. The van der Waals surface area contributed by atoms with Gasteiger partial charge in [0.15, 0.2) is 11.4 Å². The zero-order valence-electron chi connectivity index (χ0n) is 29.4. The molecule has 4 aliphatic heterocycles. The van der Waals surface area contributed by atoms with E-state index in [2.05, 4.69) is 166 Å². The molecule has 5 nitrogen and oxygen atoms in total. The van der Waals surface area contributed by atoms with Gasteiger partial charge >= 0.3 is 5.66 Å². The monoisotopic (exact) mass is 667 g/mol. The van der Waals surface area contributed by atoms with E-state index in [1.54, 1.807) is 0 Å². The molecule has 0 fully saturated rings. The van der Waals surface area contributed by atoms with E-state index in [0.717, 1.165) is 0 Å². The average Bonchev–Trinajstić information content (AvgIpc) is 3.88. The van der Waals surface area contributed by atoms with Crippen molar-refractivity contribution in [2.45, 2.75) is 45.2 Å². The number of benzene rings is 5. The summed E-state index contributed by atoms with van der Waals surface area (Å²) >= 11 is 0. The summed E-state index contributed by atoms with van der Waals surface area (Å²) in [5.41, 5.74) is 19.0. The Morgan fingerprint density at radius 3 is 1.50 bits per heavy atom. The lowest BCUT2D eigenvalue weighted by Gasteiger charge is -2.39. The summed E-state index contributed by atoms with van der Waals surface area (Å²) in [5, 5.41) is 8.01. The highest BCUT2D eigenvalue weighted by Gasteiger charge is 2.68. The van der Waals surface area contributed by atoms with Crippen molar-refractivity contribution in [3.63, 3.8) is 0 Å². The summed E-state index contributed by atoms with van der Waals surface area (Å²) < 4.78 is 13.4. The molecule has 10 aromatic rings. The van der Waals surface area contributed by atoms with Gasteiger partial charge in [0.2, 0.25) is 0 Å². The van der Waals surface area contributed by atoms with Crippen molar-refractivity contribution in [1.29, 1.82) is 0 Å². The molecule has 5 aromatic heterocycles. The van der Waals surface area contributed by atoms with Crippen molar-refractivity contribution in [1.82, 2.24) is 13.7 Å². The van der Waals surface area contributed by atoms with Crippen molar-refractivity contribution in [3.8, 4) is 28.5 Å². The fraction of sp³-hybridized carbons (Fsp3) is 0.149. The second-order valence-electron chi connectivity index (χ2n) is 16.1. The maximum Gasteiger partial charge on any atom is 0.319 e. The van der Waals surface area contributed by atoms with Crippen molar-refractivity contribution in [2.75, 3.05) is 0 Å². The van der Waals surface area contributed by atoms with E-state index in [-0.39, 0.29) is 0 Å². The molecule has 0 bridgehead atoms. The number of nitrogens with zero attached hydrogens (tertiary/aromatic N) is 5. The van der Waals surface area contributed by atoms with Crippen LogP contribution in [0.3, 0.4) is 0 Å². The van der Waals surface area contributed by atoms with Crippen LogP contribution in [0.2, 0.25) is 0 Å². The fourth-order valence-corrected chi connectivity index (χ4v) is 11.4. The molecule has 52 heavy (non-hydrogen) atoms. The molecule has 5 aromatic carbocycles. The van der Waals surface area contributed by atoms with E-state index < -0.39 is 5.66 Å². The predicted octanol–water partition coefficient (Wildman–Crippen LogP) is 10.0. The van der Waals surface area contributed by atoms with E-state index in [1.165, 1.54) is 116 Å². The van der Waals surface area contributed by atoms with Gasteiger partial charge in [-0.1, -0.05) is 76.2 Å². The van der Waals surface area contributed by atoms with E-state index in [1.807, 2.05) is 0 Å². The first kappa shape index (κ1) is 26.6. The minimum atomic E-state index is -0.633. The molecule has 1 atom stereocenters. The predicted molar refractivity (Wildman–Crippen MR) is 209 cm³/mol. The zero-order chi connectivity index (χ0) is 34.1. The quantitative estimate of drug-likeness (QED) is 0.164. The first-order valence-corrected chi connectivity index (χ1v) is 18.8. The van der Waals surface area contributed by atoms with Gasteiger partial charge in [-0.15, -0.1) is 0 Å². The fourth-order valence-electron chi connectivity index (χ4n) is 11.4. The van der Waals surface area contributed by atoms with Crippen LogP contribution in [0.1, 0.15) is 61.8 Å². The Balaban J connectivity index is 1.39. The van der Waals surface area contributed by atoms with Gasteiger partial charge in [-0.25, -0.2) is 0 Å². The van der Waals surface area contributed by atoms with Gasteiger partial charge in [0, 0.05) is 21.5 Å². The lowest BCUT2D eigenvalue weighted by atomic mass is 9.80. The van der Waals surface area contributed by atoms with Gasteiger partial charge in [0.05, 0.1) is 27.5 Å². The molecular formula is C47H33N5+2. The van der Waals surface area contributed by atoms with Crippen LogP contribution in [-0.4, -0.2) is 13.7 Å². The van der Waals surface area contributed by atoms with E-state index in [0.29, 0.717) is 11.8 Å². The molecule has 0 saturated carbocycles. The molecule has 14 rings (SSSR count). The van der Waals surface area contributed by atoms with Gasteiger partial charge < -0.3 is 4.57 Å². The lowest BCUT2D eigenvalue weighted by molar-refractivity contribution is -0.920. The summed E-state index contributed by atoms with van der Waals surface area (Å²) in [7, 11) is 0. The minimum Gasteiger partial charge on any atom is -0.308 e. The number of pyridine rings is 2. The maximum atomic E-state index is 2.79. The van der Waals surface area contributed by atoms with Crippen molar-refractivity contribution < 1.29 is 9.13 Å². The Bertz CT molecular complexity index is 3400. The van der Waals surface area contributed by atoms with Crippen LogP contribution >= 0.6 is 0 Å². The summed E-state index contributed by atoms with van der Waals surface area (Å²) in [6, 6.07) is 44.3. The molecule has 0 amide bonds. The Labute approximate surface area is 298 Å². The highest BCUT2D eigenvalue weighted by molar-refractivity contribution is 6.16. The number of hydrogen-bond acceptors (Lipinski definition) is 0. The smallest absolute Gasteiger partial charge is 0.308 e. The standard InChI is InChI=1S/C47H33N5/c1-24(2)30-22-38-39-23-31(25(3)4)41-29-14-7-10-17-34(29)50-37-21-20-27-26-12-5-8-15-32(26)48-35-18-11-19-36-42(35)47(43(37)44(27)48,52(39)46(41)50)51(38)45-40(30)28-13-6-9-16-33(28)49(36)45/h5-25H,1-4H3/q+2. The van der Waals surface area contributed by atoms with Crippen LogP contribution in [0.25, 0.3) is 94.1 Å². The Morgan fingerprint density at radius 2 is 0.942 bits per heavy atom. The van der Waals surface area contributed by atoms with Crippen molar-refractivity contribution in [3.05, 3.63) is 138 Å². The highest BCUT2D eigenvalue weighted by atomic mass is 15.4. The number of rotatable bonds is 2. The van der Waals surface area contributed by atoms with E-state index >= 15 is 0 Å². The van der Waals surface area contributed by atoms with E-state index in [9.17, 15) is 0 Å². The maximum absolute atomic E-state index is 2.79. The summed E-state index contributed by atoms with van der Waals surface area (Å²) in [6.45, 7) is 9.46. The molecule has 0 N–H and O–H groups in total. The Hall–Kier alpha value is -6.20. The number of fused-ring (bicyclic) bond motifs is 13. The molecule has 0 aliphatic carbocycles. The SMILES string of the molecule is CC(C)c1cc2[n+]3c4c1c1ccccc1n4-c1cccc4c1C31c3c(ccc5c6ccccc6n-4c35)-n3c4ccccc4c4c(C(C)C)cc-2[n+]1c43. The number of hydrogen-bond donors (Lipinski definition) is 0. The normalized spacial score (nSPS) is 16.9. The van der Waals surface area contributed by atoms with Gasteiger partial charge in [-0.2, -0.15) is 18.3 Å². The summed E-state index contributed by atoms with van der Waals surface area (Å²) in [6.07, 6.45) is 0. The van der Waals surface area contributed by atoms with Gasteiger partial charge in [0.25, 0.3) is 11.3 Å². The van der Waals surface area contributed by atoms with E-state index in [4.69, 9.17) is 0 Å². The van der Waals surface area contributed by atoms with Crippen LogP contribution < -0.4 is 9.13 Å².